The largest absolute Gasteiger partial charge is 0.416 e. The molecule has 1 saturated carbocycles. The second-order valence-corrected chi connectivity index (χ2v) is 9.80. The summed E-state index contributed by atoms with van der Waals surface area (Å²) in [5, 5.41) is 53.5. The van der Waals surface area contributed by atoms with Crippen molar-refractivity contribution in [3.8, 4) is 0 Å². The molecule has 1 aromatic rings. The van der Waals surface area contributed by atoms with Crippen molar-refractivity contribution in [1.82, 2.24) is 16.0 Å². The van der Waals surface area contributed by atoms with Crippen molar-refractivity contribution in [2.24, 2.45) is 0 Å². The number of likely N-dealkylation sites (N-methyl/N-ethyl adjacent to an activating group) is 2. The van der Waals surface area contributed by atoms with Crippen LogP contribution in [0.3, 0.4) is 0 Å². The van der Waals surface area contributed by atoms with E-state index in [1.165, 1.54) is 12.1 Å². The number of rotatable bonds is 6. The molecule has 0 spiro atoms. The van der Waals surface area contributed by atoms with Crippen molar-refractivity contribution < 1.29 is 47.8 Å². The van der Waals surface area contributed by atoms with Gasteiger partial charge in [0.05, 0.1) is 29.9 Å². The molecule has 10 nitrogen and oxygen atoms in total. The molecule has 3 aliphatic rings. The number of benzene rings is 1. The summed E-state index contributed by atoms with van der Waals surface area (Å²) in [6.07, 6.45) is -10.8. The first-order valence-electron chi connectivity index (χ1n) is 11.9. The number of alkyl halides is 3. The molecule has 0 amide bonds. The lowest BCUT2D eigenvalue weighted by molar-refractivity contribution is -0.482. The molecule has 4 rings (SSSR count). The molecular weight excluding hydrogens is 487 g/mol. The Hall–Kier alpha value is -1.39. The topological polar surface area (TPSA) is 145 Å². The lowest BCUT2D eigenvalue weighted by Gasteiger charge is -2.60. The third kappa shape index (κ3) is 4.77. The Kier molecular flexibility index (Phi) is 7.72. The van der Waals surface area contributed by atoms with E-state index in [0.717, 1.165) is 12.1 Å². The van der Waals surface area contributed by atoms with Crippen LogP contribution in [0.4, 0.5) is 13.2 Å². The molecule has 7 N–H and O–H groups in total. The normalized spacial score (nSPS) is 43.1. The molecule has 0 bridgehead atoms. The van der Waals surface area contributed by atoms with Crippen molar-refractivity contribution >= 4 is 0 Å². The fourth-order valence-corrected chi connectivity index (χ4v) is 5.45. The molecule has 2 aliphatic heterocycles. The van der Waals surface area contributed by atoms with Gasteiger partial charge in [0.2, 0.25) is 12.1 Å². The molecule has 36 heavy (non-hydrogen) atoms. The van der Waals surface area contributed by atoms with Crippen molar-refractivity contribution in [3.05, 3.63) is 35.4 Å². The van der Waals surface area contributed by atoms with Crippen LogP contribution in [0.25, 0.3) is 0 Å². The SMILES string of the molecule is CNC1C(O)C(NC)C2OC3(O)C(OC(C)CC3(O)CNCc3ccc(C(F)(F)F)cc3)OC2C1O. The van der Waals surface area contributed by atoms with Crippen LogP contribution in [0.5, 0.6) is 0 Å². The van der Waals surface area contributed by atoms with Gasteiger partial charge in [-0.25, -0.2) is 0 Å². The average molecular weight is 522 g/mol. The molecule has 2 saturated heterocycles. The Labute approximate surface area is 206 Å². The molecule has 10 unspecified atom stereocenters. The highest BCUT2D eigenvalue weighted by Crippen LogP contribution is 2.46. The lowest BCUT2D eigenvalue weighted by Crippen LogP contribution is -2.81. The third-order valence-electron chi connectivity index (χ3n) is 7.38. The van der Waals surface area contributed by atoms with Crippen LogP contribution in [-0.2, 0) is 26.9 Å². The van der Waals surface area contributed by atoms with E-state index in [4.69, 9.17) is 14.2 Å². The molecule has 1 aliphatic carbocycles. The molecule has 0 aromatic heterocycles. The number of hydrogen-bond acceptors (Lipinski definition) is 10. The van der Waals surface area contributed by atoms with E-state index in [-0.39, 0.29) is 19.5 Å². The number of hydrogen-bond donors (Lipinski definition) is 7. The molecule has 10 atom stereocenters. The molecular formula is C23H34F3N3O7. The summed E-state index contributed by atoms with van der Waals surface area (Å²) in [5.41, 5.74) is -2.15. The Balaban J connectivity index is 1.52. The second-order valence-electron chi connectivity index (χ2n) is 9.80. The molecule has 0 radical (unpaired) electrons. The van der Waals surface area contributed by atoms with Crippen LogP contribution in [0.1, 0.15) is 24.5 Å². The molecule has 1 aromatic carbocycles. The van der Waals surface area contributed by atoms with Crippen molar-refractivity contribution in [2.75, 3.05) is 20.6 Å². The predicted molar refractivity (Wildman–Crippen MR) is 119 cm³/mol. The van der Waals surface area contributed by atoms with Gasteiger partial charge < -0.3 is 50.6 Å². The lowest BCUT2D eigenvalue weighted by atomic mass is 9.77. The van der Waals surface area contributed by atoms with E-state index >= 15 is 0 Å². The van der Waals surface area contributed by atoms with Gasteiger partial charge in [-0.15, -0.1) is 0 Å². The van der Waals surface area contributed by atoms with Crippen LogP contribution in [0.15, 0.2) is 24.3 Å². The zero-order chi connectivity index (χ0) is 26.5. The number of fused-ring (bicyclic) bond motifs is 2. The van der Waals surface area contributed by atoms with Gasteiger partial charge >= 0.3 is 6.18 Å². The summed E-state index contributed by atoms with van der Waals surface area (Å²) < 4.78 is 56.2. The highest BCUT2D eigenvalue weighted by atomic mass is 19.4. The van der Waals surface area contributed by atoms with E-state index in [9.17, 15) is 33.6 Å². The highest BCUT2D eigenvalue weighted by molar-refractivity contribution is 5.24. The minimum Gasteiger partial charge on any atom is -0.390 e. The van der Waals surface area contributed by atoms with Crippen LogP contribution >= 0.6 is 0 Å². The van der Waals surface area contributed by atoms with Gasteiger partial charge in [-0.2, -0.15) is 13.2 Å². The van der Waals surface area contributed by atoms with Crippen molar-refractivity contribution in [2.45, 2.75) is 86.3 Å². The Morgan fingerprint density at radius 1 is 0.972 bits per heavy atom. The maximum atomic E-state index is 12.8. The van der Waals surface area contributed by atoms with Gasteiger partial charge in [0, 0.05) is 19.5 Å². The first kappa shape index (κ1) is 27.6. The standard InChI is InChI=1S/C23H34F3N3O7/c1-11-8-21(32,10-29-9-12-4-6-13(7-5-12)23(24,25)26)22(33)20(34-11)35-19-17(31)14(27-2)16(30)15(28-3)18(19)36-22/h4-7,11,14-20,27-33H,8-10H2,1-3H3. The predicted octanol–water partition coefficient (Wildman–Crippen LogP) is -0.955. The summed E-state index contributed by atoms with van der Waals surface area (Å²) in [7, 11) is 3.18. The van der Waals surface area contributed by atoms with Crippen molar-refractivity contribution in [3.63, 3.8) is 0 Å². The number of halogens is 3. The van der Waals surface area contributed by atoms with Gasteiger partial charge in [-0.1, -0.05) is 12.1 Å². The van der Waals surface area contributed by atoms with E-state index in [0.29, 0.717) is 5.56 Å². The Morgan fingerprint density at radius 3 is 2.19 bits per heavy atom. The minimum atomic E-state index is -4.44. The van der Waals surface area contributed by atoms with E-state index in [1.807, 2.05) is 0 Å². The van der Waals surface area contributed by atoms with E-state index < -0.39 is 72.0 Å². The maximum Gasteiger partial charge on any atom is 0.416 e. The summed E-state index contributed by atoms with van der Waals surface area (Å²) in [6, 6.07) is 3.10. The number of aliphatic hydroxyl groups excluding tert-OH is 2. The number of ether oxygens (including phenoxy) is 3. The summed E-state index contributed by atoms with van der Waals surface area (Å²) in [6.45, 7) is 1.59. The first-order chi connectivity index (χ1) is 16.8. The Morgan fingerprint density at radius 2 is 1.61 bits per heavy atom. The molecule has 13 heteroatoms. The van der Waals surface area contributed by atoms with Crippen LogP contribution in [0, 0.1) is 0 Å². The second kappa shape index (κ2) is 10.1. The minimum absolute atomic E-state index is 0.0464. The highest BCUT2D eigenvalue weighted by Gasteiger charge is 2.68. The third-order valence-corrected chi connectivity index (χ3v) is 7.38. The zero-order valence-electron chi connectivity index (χ0n) is 20.2. The van der Waals surface area contributed by atoms with Gasteiger partial charge in [0.1, 0.15) is 23.9 Å². The quantitative estimate of drug-likeness (QED) is 0.250. The summed E-state index contributed by atoms with van der Waals surface area (Å²) in [5.74, 6) is -2.37. The fourth-order valence-electron chi connectivity index (χ4n) is 5.45. The van der Waals surface area contributed by atoms with Gasteiger partial charge in [-0.3, -0.25) is 0 Å². The smallest absolute Gasteiger partial charge is 0.390 e. The first-order valence-corrected chi connectivity index (χ1v) is 11.9. The molecule has 2 heterocycles. The monoisotopic (exact) mass is 521 g/mol. The van der Waals surface area contributed by atoms with Gasteiger partial charge in [-0.05, 0) is 38.7 Å². The Bertz CT molecular complexity index is 910. The van der Waals surface area contributed by atoms with E-state index in [2.05, 4.69) is 16.0 Å². The molecule has 204 valence electrons. The van der Waals surface area contributed by atoms with Crippen LogP contribution < -0.4 is 16.0 Å². The van der Waals surface area contributed by atoms with Gasteiger partial charge in [0.25, 0.3) is 0 Å². The van der Waals surface area contributed by atoms with E-state index in [1.54, 1.807) is 21.0 Å². The summed E-state index contributed by atoms with van der Waals surface area (Å²) in [4.78, 5) is 0. The number of aliphatic hydroxyl groups is 4. The average Bonchev–Trinajstić information content (AvgIpc) is 2.80. The fraction of sp³-hybridized carbons (Fsp3) is 0.739. The van der Waals surface area contributed by atoms with Crippen LogP contribution in [0.2, 0.25) is 0 Å². The van der Waals surface area contributed by atoms with Crippen LogP contribution in [-0.4, -0.2) is 101 Å². The maximum absolute atomic E-state index is 12.8. The van der Waals surface area contributed by atoms with Crippen molar-refractivity contribution in [1.29, 1.82) is 0 Å². The molecule has 3 fully saturated rings. The number of nitrogens with one attached hydrogen (secondary N) is 3. The van der Waals surface area contributed by atoms with Gasteiger partial charge in [0.15, 0.2) is 0 Å². The zero-order valence-corrected chi connectivity index (χ0v) is 20.2. The summed E-state index contributed by atoms with van der Waals surface area (Å²) >= 11 is 0.